The summed E-state index contributed by atoms with van der Waals surface area (Å²) in [5.41, 5.74) is 0.472. The van der Waals surface area contributed by atoms with Gasteiger partial charge in [0.25, 0.3) is 11.6 Å². The number of carbonyl (C=O) groups is 2. The van der Waals surface area contributed by atoms with Gasteiger partial charge in [0.1, 0.15) is 4.88 Å². The molecule has 0 aliphatic heterocycles. The van der Waals surface area contributed by atoms with Crippen molar-refractivity contribution in [3.8, 4) is 0 Å². The third-order valence-corrected chi connectivity index (χ3v) is 4.01. The maximum Gasteiger partial charge on any atom is 0.349 e. The van der Waals surface area contributed by atoms with Crippen molar-refractivity contribution in [2.45, 2.75) is 6.92 Å². The minimum absolute atomic E-state index is 0.00882. The number of nitro groups is 2. The summed E-state index contributed by atoms with van der Waals surface area (Å²) in [6.07, 6.45) is 0. The molecule has 0 unspecified atom stereocenters. The summed E-state index contributed by atoms with van der Waals surface area (Å²) in [5, 5.41) is 23.6. The van der Waals surface area contributed by atoms with Crippen molar-refractivity contribution in [1.29, 1.82) is 0 Å². The molecule has 2 aromatic rings. The lowest BCUT2D eigenvalue weighted by atomic mass is 10.2. The summed E-state index contributed by atoms with van der Waals surface area (Å²) in [5.74, 6) is -1.57. The number of anilines is 1. The molecule has 0 fully saturated rings. The monoisotopic (exact) mass is 365 g/mol. The molecule has 1 aromatic heterocycles. The number of benzene rings is 1. The molecule has 0 bridgehead atoms. The molecule has 0 aliphatic rings. The Labute approximate surface area is 144 Å². The van der Waals surface area contributed by atoms with Crippen LogP contribution in [0.25, 0.3) is 0 Å². The van der Waals surface area contributed by atoms with E-state index in [1.54, 1.807) is 6.92 Å². The molecular weight excluding hydrogens is 354 g/mol. The molecule has 0 radical (unpaired) electrons. The summed E-state index contributed by atoms with van der Waals surface area (Å²) >= 11 is 0.631. The van der Waals surface area contributed by atoms with Crippen molar-refractivity contribution < 1.29 is 24.2 Å². The van der Waals surface area contributed by atoms with E-state index in [4.69, 9.17) is 4.74 Å². The van der Waals surface area contributed by atoms with Gasteiger partial charge >= 0.3 is 11.0 Å². The van der Waals surface area contributed by atoms with E-state index in [1.165, 1.54) is 24.3 Å². The van der Waals surface area contributed by atoms with E-state index < -0.39 is 28.3 Å². The SMILES string of the molecule is Cc1ccc(NC(=O)COC(=O)c2ccc([N+](=O)[O-])s2)cc1[N+](=O)[O-]. The lowest BCUT2D eigenvalue weighted by molar-refractivity contribution is -0.385. The number of nitrogens with zero attached hydrogens (tertiary/aromatic N) is 2. The number of amides is 1. The molecule has 0 spiro atoms. The number of rotatable bonds is 6. The van der Waals surface area contributed by atoms with E-state index in [9.17, 15) is 29.8 Å². The molecule has 0 atom stereocenters. The molecular formula is C14H11N3O7S. The Hall–Kier alpha value is -3.34. The molecule has 2 rings (SSSR count). The molecule has 11 heteroatoms. The predicted octanol–water partition coefficient (Wildman–Crippen LogP) is 2.67. The van der Waals surface area contributed by atoms with Crippen LogP contribution in [0.15, 0.2) is 30.3 Å². The van der Waals surface area contributed by atoms with E-state index in [0.29, 0.717) is 16.9 Å². The van der Waals surface area contributed by atoms with Gasteiger partial charge in [0.2, 0.25) is 0 Å². The zero-order chi connectivity index (χ0) is 18.6. The van der Waals surface area contributed by atoms with Crippen LogP contribution in [0.1, 0.15) is 15.2 Å². The molecule has 25 heavy (non-hydrogen) atoms. The second-order valence-corrected chi connectivity index (χ2v) is 5.84. The third-order valence-electron chi connectivity index (χ3n) is 3.00. The van der Waals surface area contributed by atoms with Crippen LogP contribution in [0.4, 0.5) is 16.4 Å². The number of ether oxygens (including phenoxy) is 1. The Morgan fingerprint density at radius 2 is 1.88 bits per heavy atom. The third kappa shape index (κ3) is 4.57. The minimum atomic E-state index is -0.872. The van der Waals surface area contributed by atoms with Crippen LogP contribution in [-0.2, 0) is 9.53 Å². The van der Waals surface area contributed by atoms with E-state index in [-0.39, 0.29) is 21.3 Å². The van der Waals surface area contributed by atoms with E-state index in [2.05, 4.69) is 5.32 Å². The number of nitro benzene ring substituents is 1. The fourth-order valence-corrected chi connectivity index (χ4v) is 2.53. The van der Waals surface area contributed by atoms with Crippen molar-refractivity contribution in [3.05, 3.63) is 61.0 Å². The normalized spacial score (nSPS) is 10.1. The Bertz CT molecular complexity index is 862. The smallest absolute Gasteiger partial charge is 0.349 e. The molecule has 1 heterocycles. The minimum Gasteiger partial charge on any atom is -0.451 e. The average Bonchev–Trinajstić information content (AvgIpc) is 3.04. The fourth-order valence-electron chi connectivity index (χ4n) is 1.82. The number of hydrogen-bond donors (Lipinski definition) is 1. The first-order chi connectivity index (χ1) is 11.8. The molecule has 1 N–H and O–H groups in total. The zero-order valence-corrected chi connectivity index (χ0v) is 13.6. The fraction of sp³-hybridized carbons (Fsp3) is 0.143. The van der Waals surface area contributed by atoms with Crippen molar-refractivity contribution in [2.24, 2.45) is 0 Å². The van der Waals surface area contributed by atoms with Gasteiger partial charge in [-0.2, -0.15) is 0 Å². The second-order valence-electron chi connectivity index (χ2n) is 4.78. The predicted molar refractivity (Wildman–Crippen MR) is 87.7 cm³/mol. The largest absolute Gasteiger partial charge is 0.451 e. The van der Waals surface area contributed by atoms with Crippen molar-refractivity contribution in [3.63, 3.8) is 0 Å². The van der Waals surface area contributed by atoms with E-state index >= 15 is 0 Å². The molecule has 0 aliphatic carbocycles. The molecule has 0 saturated carbocycles. The highest BCUT2D eigenvalue weighted by Crippen LogP contribution is 2.24. The molecule has 0 saturated heterocycles. The van der Waals surface area contributed by atoms with Crippen LogP contribution in [0, 0.1) is 27.2 Å². The molecule has 10 nitrogen and oxygen atoms in total. The Morgan fingerprint density at radius 1 is 1.16 bits per heavy atom. The number of hydrogen-bond acceptors (Lipinski definition) is 8. The summed E-state index contributed by atoms with van der Waals surface area (Å²) in [4.78, 5) is 43.7. The van der Waals surface area contributed by atoms with Gasteiger partial charge in [0, 0.05) is 23.4 Å². The molecule has 1 aromatic carbocycles. The van der Waals surface area contributed by atoms with Crippen LogP contribution >= 0.6 is 11.3 Å². The standard InChI is InChI=1S/C14H11N3O7S/c1-8-2-3-9(6-10(8)16(20)21)15-12(18)7-24-14(19)11-4-5-13(25-11)17(22)23/h2-6H,7H2,1H3,(H,15,18). The Kier molecular flexibility index (Phi) is 5.39. The Balaban J connectivity index is 1.94. The number of nitrogens with one attached hydrogen (secondary N) is 1. The van der Waals surface area contributed by atoms with Crippen molar-refractivity contribution in [1.82, 2.24) is 0 Å². The van der Waals surface area contributed by atoms with Crippen molar-refractivity contribution in [2.75, 3.05) is 11.9 Å². The lowest BCUT2D eigenvalue weighted by Crippen LogP contribution is -2.20. The molecule has 130 valence electrons. The highest BCUT2D eigenvalue weighted by atomic mass is 32.1. The van der Waals surface area contributed by atoms with E-state index in [0.717, 1.165) is 6.07 Å². The molecule has 1 amide bonds. The van der Waals surface area contributed by atoms with Gasteiger partial charge in [-0.05, 0) is 19.1 Å². The van der Waals surface area contributed by atoms with E-state index in [1.807, 2.05) is 0 Å². The van der Waals surface area contributed by atoms with Crippen LogP contribution in [0.3, 0.4) is 0 Å². The van der Waals surface area contributed by atoms with Gasteiger partial charge in [-0.25, -0.2) is 4.79 Å². The maximum absolute atomic E-state index is 11.8. The van der Waals surface area contributed by atoms with Gasteiger partial charge in [-0.3, -0.25) is 25.0 Å². The second kappa shape index (κ2) is 7.49. The highest BCUT2D eigenvalue weighted by Gasteiger charge is 2.18. The zero-order valence-electron chi connectivity index (χ0n) is 12.8. The Morgan fingerprint density at radius 3 is 2.48 bits per heavy atom. The topological polar surface area (TPSA) is 142 Å². The number of thiophene rings is 1. The number of aryl methyl sites for hydroxylation is 1. The van der Waals surface area contributed by atoms with Gasteiger partial charge < -0.3 is 10.1 Å². The first-order valence-electron chi connectivity index (χ1n) is 6.74. The van der Waals surface area contributed by atoms with Crippen LogP contribution < -0.4 is 5.32 Å². The van der Waals surface area contributed by atoms with Crippen LogP contribution in [0.2, 0.25) is 0 Å². The maximum atomic E-state index is 11.8. The van der Waals surface area contributed by atoms with Crippen LogP contribution in [-0.4, -0.2) is 28.3 Å². The number of carbonyl (C=O) groups excluding carboxylic acids is 2. The van der Waals surface area contributed by atoms with Gasteiger partial charge in [0.05, 0.1) is 9.85 Å². The highest BCUT2D eigenvalue weighted by molar-refractivity contribution is 7.17. The van der Waals surface area contributed by atoms with Gasteiger partial charge in [-0.15, -0.1) is 0 Å². The quantitative estimate of drug-likeness (QED) is 0.471. The first-order valence-corrected chi connectivity index (χ1v) is 7.56. The van der Waals surface area contributed by atoms with Gasteiger partial charge in [-0.1, -0.05) is 17.4 Å². The lowest BCUT2D eigenvalue weighted by Gasteiger charge is -2.06. The van der Waals surface area contributed by atoms with Gasteiger partial charge in [0.15, 0.2) is 6.61 Å². The summed E-state index contributed by atoms with van der Waals surface area (Å²) in [7, 11) is 0. The summed E-state index contributed by atoms with van der Waals surface area (Å²) in [6, 6.07) is 6.53. The summed E-state index contributed by atoms with van der Waals surface area (Å²) < 4.78 is 4.76. The van der Waals surface area contributed by atoms with Crippen molar-refractivity contribution >= 4 is 39.6 Å². The van der Waals surface area contributed by atoms with Crippen LogP contribution in [0.5, 0.6) is 0 Å². The average molecular weight is 365 g/mol. The summed E-state index contributed by atoms with van der Waals surface area (Å²) in [6.45, 7) is 0.929. The number of esters is 1. The first kappa shape index (κ1) is 18.0.